The first kappa shape index (κ1) is 20.4. The van der Waals surface area contributed by atoms with Crippen LogP contribution in [0.2, 0.25) is 0 Å². The predicted molar refractivity (Wildman–Crippen MR) is 99.8 cm³/mol. The average Bonchev–Trinajstić information content (AvgIpc) is 2.86. The lowest BCUT2D eigenvalue weighted by molar-refractivity contribution is -0.155. The third kappa shape index (κ3) is 3.77. The molecule has 0 radical (unpaired) electrons. The molecule has 142 valence electrons. The molecule has 1 aliphatic carbocycles. The third-order valence-corrected chi connectivity index (χ3v) is 5.39. The molecule has 0 saturated heterocycles. The minimum absolute atomic E-state index is 0.186. The molecule has 2 rings (SSSR count). The fourth-order valence-corrected chi connectivity index (χ4v) is 4.05. The van der Waals surface area contributed by atoms with Crippen molar-refractivity contribution >= 4 is 34.3 Å². The van der Waals surface area contributed by atoms with Gasteiger partial charge in [-0.15, -0.1) is 0 Å². The molecule has 0 aromatic heterocycles. The maximum Gasteiger partial charge on any atom is 0.408 e. The molecule has 1 aliphatic rings. The number of aliphatic carboxylic acids is 1. The Bertz CT molecular complexity index is 697. The van der Waals surface area contributed by atoms with Crippen LogP contribution in [-0.2, 0) is 19.9 Å². The number of alkyl carbamates (subject to hydrolysis) is 1. The van der Waals surface area contributed by atoms with E-state index in [1.807, 2.05) is 0 Å². The molecule has 1 fully saturated rings. The summed E-state index contributed by atoms with van der Waals surface area (Å²) in [6.07, 6.45) is 1.02. The summed E-state index contributed by atoms with van der Waals surface area (Å²) in [5.74, 6) is -1.10. The van der Waals surface area contributed by atoms with Crippen LogP contribution in [0.15, 0.2) is 28.7 Å². The second-order valence-corrected chi connectivity index (χ2v) is 8.57. The Labute approximate surface area is 161 Å². The lowest BCUT2D eigenvalue weighted by Crippen LogP contribution is -2.58. The zero-order valence-corrected chi connectivity index (χ0v) is 16.8. The SMILES string of the molecule is CC(C)(C)OC(=O)NC1(c2ccc(Br)cc2)CCCC1(CC=O)C(=O)O. The molecule has 0 spiro atoms. The van der Waals surface area contributed by atoms with E-state index in [4.69, 9.17) is 4.74 Å². The molecule has 1 aromatic carbocycles. The normalized spacial score (nSPS) is 25.5. The summed E-state index contributed by atoms with van der Waals surface area (Å²) in [6, 6.07) is 7.13. The first-order chi connectivity index (χ1) is 12.1. The fourth-order valence-electron chi connectivity index (χ4n) is 3.79. The summed E-state index contributed by atoms with van der Waals surface area (Å²) in [6.45, 7) is 5.22. The third-order valence-electron chi connectivity index (χ3n) is 4.86. The summed E-state index contributed by atoms with van der Waals surface area (Å²) < 4.78 is 6.22. The van der Waals surface area contributed by atoms with Crippen LogP contribution in [0.4, 0.5) is 4.79 Å². The number of carboxylic acid groups (broad SMARTS) is 1. The smallest absolute Gasteiger partial charge is 0.408 e. The molecular weight excluding hydrogens is 402 g/mol. The molecule has 7 heteroatoms. The zero-order valence-electron chi connectivity index (χ0n) is 15.2. The second-order valence-electron chi connectivity index (χ2n) is 7.65. The summed E-state index contributed by atoms with van der Waals surface area (Å²) in [4.78, 5) is 36.2. The fraction of sp³-hybridized carbons (Fsp3) is 0.526. The Morgan fingerprint density at radius 1 is 1.27 bits per heavy atom. The van der Waals surface area contributed by atoms with E-state index in [9.17, 15) is 19.5 Å². The van der Waals surface area contributed by atoms with E-state index < -0.39 is 28.6 Å². The van der Waals surface area contributed by atoms with Gasteiger partial charge in [-0.1, -0.05) is 28.1 Å². The van der Waals surface area contributed by atoms with Gasteiger partial charge in [-0.3, -0.25) is 4.79 Å². The molecule has 0 aliphatic heterocycles. The van der Waals surface area contributed by atoms with Crippen LogP contribution in [0, 0.1) is 5.41 Å². The van der Waals surface area contributed by atoms with Crippen molar-refractivity contribution in [3.8, 4) is 0 Å². The highest BCUT2D eigenvalue weighted by Gasteiger charge is 2.61. The van der Waals surface area contributed by atoms with E-state index in [0.29, 0.717) is 31.1 Å². The van der Waals surface area contributed by atoms with Crippen LogP contribution in [-0.4, -0.2) is 29.1 Å². The first-order valence-corrected chi connectivity index (χ1v) is 9.30. The number of carbonyl (C=O) groups excluding carboxylic acids is 2. The lowest BCUT2D eigenvalue weighted by atomic mass is 9.66. The van der Waals surface area contributed by atoms with Gasteiger partial charge in [0.1, 0.15) is 17.3 Å². The van der Waals surface area contributed by atoms with E-state index in [1.165, 1.54) is 0 Å². The van der Waals surface area contributed by atoms with Crippen LogP contribution >= 0.6 is 15.9 Å². The highest BCUT2D eigenvalue weighted by atomic mass is 79.9. The van der Waals surface area contributed by atoms with E-state index in [2.05, 4.69) is 21.2 Å². The molecule has 6 nitrogen and oxygen atoms in total. The number of carbonyl (C=O) groups is 3. The molecule has 1 amide bonds. The largest absolute Gasteiger partial charge is 0.481 e. The Kier molecular flexibility index (Phi) is 5.80. The van der Waals surface area contributed by atoms with Crippen molar-refractivity contribution in [3.63, 3.8) is 0 Å². The predicted octanol–water partition coefficient (Wildman–Crippen LogP) is 4.01. The Morgan fingerprint density at radius 3 is 2.38 bits per heavy atom. The van der Waals surface area contributed by atoms with Crippen molar-refractivity contribution in [1.29, 1.82) is 0 Å². The van der Waals surface area contributed by atoms with Gasteiger partial charge in [0.05, 0.1) is 5.54 Å². The highest BCUT2D eigenvalue weighted by Crippen LogP contribution is 2.55. The Hall–Kier alpha value is -1.89. The molecule has 26 heavy (non-hydrogen) atoms. The van der Waals surface area contributed by atoms with E-state index in [1.54, 1.807) is 45.0 Å². The molecule has 2 N–H and O–H groups in total. The quantitative estimate of drug-likeness (QED) is 0.694. The molecule has 1 aromatic rings. The number of carboxylic acids is 1. The summed E-state index contributed by atoms with van der Waals surface area (Å²) in [5, 5.41) is 12.9. The van der Waals surface area contributed by atoms with Gasteiger partial charge in [-0.05, 0) is 57.7 Å². The number of nitrogens with one attached hydrogen (secondary N) is 1. The number of amides is 1. The average molecular weight is 426 g/mol. The standard InChI is InChI=1S/C19H24BrNO5/c1-17(2,3)26-16(25)21-19(13-5-7-14(20)8-6-13)10-4-9-18(19,11-12-22)15(23)24/h5-8,12H,4,9-11H2,1-3H3,(H,21,25)(H,23,24). The van der Waals surface area contributed by atoms with Gasteiger partial charge in [0.15, 0.2) is 0 Å². The minimum Gasteiger partial charge on any atom is -0.481 e. The number of halogens is 1. The number of aldehydes is 1. The van der Waals surface area contributed by atoms with Gasteiger partial charge in [0.2, 0.25) is 0 Å². The Balaban J connectivity index is 2.58. The van der Waals surface area contributed by atoms with Crippen LogP contribution in [0.5, 0.6) is 0 Å². The van der Waals surface area contributed by atoms with Crippen molar-refractivity contribution < 1.29 is 24.2 Å². The second kappa shape index (κ2) is 7.39. The number of benzene rings is 1. The minimum atomic E-state index is -1.42. The number of ether oxygens (including phenoxy) is 1. The summed E-state index contributed by atoms with van der Waals surface area (Å²) in [7, 11) is 0. The maximum atomic E-state index is 12.6. The topological polar surface area (TPSA) is 92.7 Å². The maximum absolute atomic E-state index is 12.6. The number of rotatable bonds is 5. The van der Waals surface area contributed by atoms with Gasteiger partial charge < -0.3 is 20.0 Å². The van der Waals surface area contributed by atoms with Crippen LogP contribution < -0.4 is 5.32 Å². The van der Waals surface area contributed by atoms with Crippen molar-refractivity contribution in [2.45, 2.75) is 57.6 Å². The highest BCUT2D eigenvalue weighted by molar-refractivity contribution is 9.10. The lowest BCUT2D eigenvalue weighted by Gasteiger charge is -2.43. The van der Waals surface area contributed by atoms with Gasteiger partial charge in [-0.2, -0.15) is 0 Å². The van der Waals surface area contributed by atoms with Crippen molar-refractivity contribution in [2.24, 2.45) is 5.41 Å². The van der Waals surface area contributed by atoms with Gasteiger partial charge in [-0.25, -0.2) is 4.79 Å². The number of hydrogen-bond donors (Lipinski definition) is 2. The van der Waals surface area contributed by atoms with Crippen molar-refractivity contribution in [3.05, 3.63) is 34.3 Å². The molecule has 0 heterocycles. The Morgan fingerprint density at radius 2 is 1.88 bits per heavy atom. The van der Waals surface area contributed by atoms with Crippen molar-refractivity contribution in [2.75, 3.05) is 0 Å². The number of hydrogen-bond acceptors (Lipinski definition) is 4. The molecule has 0 bridgehead atoms. The van der Waals surface area contributed by atoms with Crippen LogP contribution in [0.1, 0.15) is 52.0 Å². The van der Waals surface area contributed by atoms with Gasteiger partial charge in [0.25, 0.3) is 0 Å². The van der Waals surface area contributed by atoms with E-state index in [0.717, 1.165) is 4.47 Å². The summed E-state index contributed by atoms with van der Waals surface area (Å²) in [5.41, 5.74) is -2.71. The van der Waals surface area contributed by atoms with Crippen molar-refractivity contribution in [1.82, 2.24) is 5.32 Å². The van der Waals surface area contributed by atoms with Gasteiger partial charge >= 0.3 is 12.1 Å². The van der Waals surface area contributed by atoms with Crippen LogP contribution in [0.25, 0.3) is 0 Å². The van der Waals surface area contributed by atoms with Crippen LogP contribution in [0.3, 0.4) is 0 Å². The molecular formula is C19H24BrNO5. The first-order valence-electron chi connectivity index (χ1n) is 8.51. The van der Waals surface area contributed by atoms with E-state index >= 15 is 0 Å². The molecule has 1 saturated carbocycles. The molecule has 2 atom stereocenters. The van der Waals surface area contributed by atoms with E-state index in [-0.39, 0.29) is 6.42 Å². The monoisotopic (exact) mass is 425 g/mol. The molecule has 2 unspecified atom stereocenters. The van der Waals surface area contributed by atoms with Gasteiger partial charge in [0, 0.05) is 10.9 Å². The zero-order chi connectivity index (χ0) is 19.6. The summed E-state index contributed by atoms with van der Waals surface area (Å²) >= 11 is 3.37.